The van der Waals surface area contributed by atoms with Crippen LogP contribution in [-0.4, -0.2) is 22.2 Å². The van der Waals surface area contributed by atoms with Crippen molar-refractivity contribution in [3.8, 4) is 11.5 Å². The van der Waals surface area contributed by atoms with Crippen LogP contribution in [-0.2, 0) is 0 Å². The molecule has 0 amide bonds. The normalized spacial score (nSPS) is 11.7. The molecule has 1 heterocycles. The highest BCUT2D eigenvalue weighted by molar-refractivity contribution is 5.75. The molecule has 0 spiro atoms. The first-order valence-electron chi connectivity index (χ1n) is 7.11. The van der Waals surface area contributed by atoms with E-state index in [2.05, 4.69) is 10.3 Å². The van der Waals surface area contributed by atoms with Crippen LogP contribution in [0, 0.1) is 0 Å². The quantitative estimate of drug-likeness (QED) is 0.635. The van der Waals surface area contributed by atoms with Gasteiger partial charge in [0, 0.05) is 36.5 Å². The van der Waals surface area contributed by atoms with E-state index in [1.807, 2.05) is 12.1 Å². The van der Waals surface area contributed by atoms with Gasteiger partial charge in [-0.05, 0) is 24.3 Å². The van der Waals surface area contributed by atoms with Crippen molar-refractivity contribution >= 4 is 28.9 Å². The fourth-order valence-electron chi connectivity index (χ4n) is 2.14. The van der Waals surface area contributed by atoms with Gasteiger partial charge in [0.05, 0.1) is 0 Å². The number of oxazole rings is 1. The third kappa shape index (κ3) is 3.35. The SMILES string of the molecule is CNc1ccc(C=CC=Cc2nc3ccc(O)cc3o2)c(O)c1. The van der Waals surface area contributed by atoms with E-state index in [9.17, 15) is 10.2 Å². The minimum Gasteiger partial charge on any atom is -0.508 e. The Morgan fingerprint density at radius 3 is 2.65 bits per heavy atom. The van der Waals surface area contributed by atoms with E-state index in [4.69, 9.17) is 4.42 Å². The minimum atomic E-state index is 0.143. The molecule has 0 fully saturated rings. The second-order valence-corrected chi connectivity index (χ2v) is 4.95. The fourth-order valence-corrected chi connectivity index (χ4v) is 2.14. The Morgan fingerprint density at radius 2 is 1.87 bits per heavy atom. The maximum Gasteiger partial charge on any atom is 0.219 e. The second kappa shape index (κ2) is 6.27. The van der Waals surface area contributed by atoms with Crippen molar-refractivity contribution in [2.45, 2.75) is 0 Å². The van der Waals surface area contributed by atoms with Gasteiger partial charge in [-0.25, -0.2) is 4.98 Å². The topological polar surface area (TPSA) is 78.5 Å². The van der Waals surface area contributed by atoms with Gasteiger partial charge in [-0.15, -0.1) is 0 Å². The molecule has 0 bridgehead atoms. The number of hydrogen-bond acceptors (Lipinski definition) is 5. The third-order valence-corrected chi connectivity index (χ3v) is 3.33. The average Bonchev–Trinajstić information content (AvgIpc) is 2.94. The zero-order chi connectivity index (χ0) is 16.2. The first-order valence-corrected chi connectivity index (χ1v) is 7.11. The maximum atomic E-state index is 9.89. The first-order chi connectivity index (χ1) is 11.2. The van der Waals surface area contributed by atoms with Gasteiger partial charge in [-0.2, -0.15) is 0 Å². The third-order valence-electron chi connectivity index (χ3n) is 3.33. The van der Waals surface area contributed by atoms with Gasteiger partial charge >= 0.3 is 0 Å². The second-order valence-electron chi connectivity index (χ2n) is 4.95. The molecule has 2 aromatic carbocycles. The van der Waals surface area contributed by atoms with E-state index in [1.54, 1.807) is 49.6 Å². The van der Waals surface area contributed by atoms with E-state index in [-0.39, 0.29) is 11.5 Å². The molecule has 116 valence electrons. The van der Waals surface area contributed by atoms with Crippen LogP contribution in [0.2, 0.25) is 0 Å². The van der Waals surface area contributed by atoms with Crippen LogP contribution in [0.15, 0.2) is 53.0 Å². The summed E-state index contributed by atoms with van der Waals surface area (Å²) in [7, 11) is 1.80. The maximum absolute atomic E-state index is 9.89. The van der Waals surface area contributed by atoms with Crippen molar-refractivity contribution in [2.24, 2.45) is 0 Å². The van der Waals surface area contributed by atoms with Crippen LogP contribution in [0.3, 0.4) is 0 Å². The lowest BCUT2D eigenvalue weighted by Gasteiger charge is -2.02. The van der Waals surface area contributed by atoms with Crippen molar-refractivity contribution in [1.82, 2.24) is 4.98 Å². The molecule has 1 aromatic heterocycles. The molecule has 0 aliphatic carbocycles. The van der Waals surface area contributed by atoms with E-state index in [0.717, 1.165) is 11.3 Å². The molecule has 23 heavy (non-hydrogen) atoms. The molecule has 0 saturated heterocycles. The summed E-state index contributed by atoms with van der Waals surface area (Å²) in [5, 5.41) is 22.3. The van der Waals surface area contributed by atoms with Crippen LogP contribution < -0.4 is 5.32 Å². The van der Waals surface area contributed by atoms with E-state index in [0.29, 0.717) is 17.0 Å². The van der Waals surface area contributed by atoms with Crippen molar-refractivity contribution in [3.63, 3.8) is 0 Å². The number of phenolic OH excluding ortho intramolecular Hbond substituents is 2. The summed E-state index contributed by atoms with van der Waals surface area (Å²) in [5.41, 5.74) is 2.79. The van der Waals surface area contributed by atoms with Crippen LogP contribution in [0.4, 0.5) is 5.69 Å². The Bertz CT molecular complexity index is 894. The predicted molar refractivity (Wildman–Crippen MR) is 91.4 cm³/mol. The highest BCUT2D eigenvalue weighted by Crippen LogP contribution is 2.23. The Hall–Kier alpha value is -3.21. The molecule has 5 nitrogen and oxygen atoms in total. The number of rotatable bonds is 4. The van der Waals surface area contributed by atoms with Crippen LogP contribution >= 0.6 is 0 Å². The number of aromatic nitrogens is 1. The Morgan fingerprint density at radius 1 is 1.04 bits per heavy atom. The largest absolute Gasteiger partial charge is 0.508 e. The van der Waals surface area contributed by atoms with Crippen LogP contribution in [0.25, 0.3) is 23.3 Å². The van der Waals surface area contributed by atoms with Gasteiger partial charge in [-0.3, -0.25) is 0 Å². The summed E-state index contributed by atoms with van der Waals surface area (Å²) < 4.78 is 5.51. The highest BCUT2D eigenvalue weighted by Gasteiger charge is 2.03. The van der Waals surface area contributed by atoms with Gasteiger partial charge in [0.25, 0.3) is 0 Å². The minimum absolute atomic E-state index is 0.143. The molecular formula is C18H16N2O3. The van der Waals surface area contributed by atoms with Crippen molar-refractivity contribution < 1.29 is 14.6 Å². The molecule has 0 aliphatic heterocycles. The number of nitrogens with zero attached hydrogens (tertiary/aromatic N) is 1. The van der Waals surface area contributed by atoms with Gasteiger partial charge in [-0.1, -0.05) is 18.2 Å². The van der Waals surface area contributed by atoms with E-state index in [1.165, 1.54) is 6.07 Å². The number of hydrogen-bond donors (Lipinski definition) is 3. The van der Waals surface area contributed by atoms with Gasteiger partial charge in [0.1, 0.15) is 17.0 Å². The number of nitrogens with one attached hydrogen (secondary N) is 1. The van der Waals surface area contributed by atoms with Gasteiger partial charge in [0.2, 0.25) is 5.89 Å². The molecule has 3 rings (SSSR count). The lowest BCUT2D eigenvalue weighted by molar-refractivity contribution is 0.473. The zero-order valence-corrected chi connectivity index (χ0v) is 12.5. The van der Waals surface area contributed by atoms with E-state index < -0.39 is 0 Å². The smallest absolute Gasteiger partial charge is 0.219 e. The number of benzene rings is 2. The fraction of sp³-hybridized carbons (Fsp3) is 0.0556. The van der Waals surface area contributed by atoms with Crippen molar-refractivity contribution in [2.75, 3.05) is 12.4 Å². The summed E-state index contributed by atoms with van der Waals surface area (Å²) in [6, 6.07) is 10.2. The molecular weight excluding hydrogens is 292 g/mol. The molecule has 5 heteroatoms. The molecule has 0 saturated carbocycles. The monoisotopic (exact) mass is 308 g/mol. The number of aromatic hydroxyl groups is 2. The zero-order valence-electron chi connectivity index (χ0n) is 12.5. The summed E-state index contributed by atoms with van der Waals surface area (Å²) in [6.07, 6.45) is 7.07. The van der Waals surface area contributed by atoms with Crippen molar-refractivity contribution in [3.05, 3.63) is 60.0 Å². The Labute approximate surface area is 133 Å². The molecule has 0 aliphatic rings. The highest BCUT2D eigenvalue weighted by atomic mass is 16.3. The number of allylic oxidation sites excluding steroid dienone is 2. The number of phenols is 2. The standard InChI is InChI=1S/C18H16N2O3/c1-19-13-7-6-12(16(22)10-13)4-2-3-5-18-20-15-9-8-14(21)11-17(15)23-18/h2-11,19,21-22H,1H3. The molecule has 0 unspecified atom stereocenters. The summed E-state index contributed by atoms with van der Waals surface area (Å²) in [4.78, 5) is 4.28. The van der Waals surface area contributed by atoms with Gasteiger partial charge < -0.3 is 19.9 Å². The summed E-state index contributed by atoms with van der Waals surface area (Å²) >= 11 is 0. The van der Waals surface area contributed by atoms with E-state index >= 15 is 0 Å². The van der Waals surface area contributed by atoms with Crippen molar-refractivity contribution in [1.29, 1.82) is 0 Å². The Kier molecular flexibility index (Phi) is 4.01. The summed E-state index contributed by atoms with van der Waals surface area (Å²) in [5.74, 6) is 0.799. The van der Waals surface area contributed by atoms with Gasteiger partial charge in [0.15, 0.2) is 5.58 Å². The predicted octanol–water partition coefficient (Wildman–Crippen LogP) is 4.01. The summed E-state index contributed by atoms with van der Waals surface area (Å²) in [6.45, 7) is 0. The van der Waals surface area contributed by atoms with Crippen LogP contribution in [0.5, 0.6) is 11.5 Å². The van der Waals surface area contributed by atoms with Crippen LogP contribution in [0.1, 0.15) is 11.5 Å². The average molecular weight is 308 g/mol. The Balaban J connectivity index is 1.74. The lowest BCUT2D eigenvalue weighted by Crippen LogP contribution is -1.87. The number of anilines is 1. The first kappa shape index (κ1) is 14.7. The lowest BCUT2D eigenvalue weighted by atomic mass is 10.1. The molecule has 3 aromatic rings. The number of fused-ring (bicyclic) bond motifs is 1. The molecule has 0 atom stereocenters. The molecule has 3 N–H and O–H groups in total. The molecule has 0 radical (unpaired) electrons.